The Morgan fingerprint density at radius 2 is 2.09 bits per heavy atom. The maximum Gasteiger partial charge on any atom is 0.435 e. The molecule has 0 radical (unpaired) electrons. The van der Waals surface area contributed by atoms with Crippen molar-refractivity contribution in [3.05, 3.63) is 29.7 Å². The van der Waals surface area contributed by atoms with Crippen molar-refractivity contribution in [2.24, 2.45) is 0 Å². The number of alkyl halides is 3. The maximum atomic E-state index is 12.6. The maximum absolute atomic E-state index is 12.6. The lowest BCUT2D eigenvalue weighted by atomic mass is 9.97. The molecule has 1 fully saturated rings. The summed E-state index contributed by atoms with van der Waals surface area (Å²) in [6.07, 6.45) is 0.529. The van der Waals surface area contributed by atoms with Crippen molar-refractivity contribution in [1.82, 2.24) is 25.2 Å². The zero-order valence-corrected chi connectivity index (χ0v) is 12.0. The van der Waals surface area contributed by atoms with Gasteiger partial charge in [0.25, 0.3) is 0 Å². The van der Waals surface area contributed by atoms with Crippen LogP contribution in [0.2, 0.25) is 0 Å². The van der Waals surface area contributed by atoms with Gasteiger partial charge in [0.15, 0.2) is 11.5 Å². The second-order valence-electron chi connectivity index (χ2n) is 5.50. The molecule has 22 heavy (non-hydrogen) atoms. The number of nitrogens with zero attached hydrogens (tertiary/aromatic N) is 4. The van der Waals surface area contributed by atoms with Crippen molar-refractivity contribution in [2.75, 3.05) is 0 Å². The summed E-state index contributed by atoms with van der Waals surface area (Å²) < 4.78 is 43.9. The highest BCUT2D eigenvalue weighted by Crippen LogP contribution is 2.37. The first-order valence-corrected chi connectivity index (χ1v) is 7.06. The van der Waals surface area contributed by atoms with Gasteiger partial charge in [0.05, 0.1) is 12.2 Å². The van der Waals surface area contributed by atoms with E-state index in [0.29, 0.717) is 11.7 Å². The highest BCUT2D eigenvalue weighted by atomic mass is 19.4. The van der Waals surface area contributed by atoms with Crippen LogP contribution in [0.1, 0.15) is 43.1 Å². The molecule has 0 amide bonds. The van der Waals surface area contributed by atoms with Crippen LogP contribution < -0.4 is 5.32 Å². The zero-order chi connectivity index (χ0) is 15.8. The second kappa shape index (κ2) is 5.38. The summed E-state index contributed by atoms with van der Waals surface area (Å²) in [5.74, 6) is 1.03. The molecule has 0 spiro atoms. The van der Waals surface area contributed by atoms with E-state index in [4.69, 9.17) is 4.52 Å². The third kappa shape index (κ3) is 2.85. The molecule has 1 aliphatic carbocycles. The van der Waals surface area contributed by atoms with Crippen molar-refractivity contribution >= 4 is 0 Å². The van der Waals surface area contributed by atoms with E-state index in [0.717, 1.165) is 31.7 Å². The molecule has 1 N–H and O–H groups in total. The Bertz CT molecular complexity index is 642. The fourth-order valence-electron chi connectivity index (χ4n) is 2.78. The Labute approximate surface area is 124 Å². The van der Waals surface area contributed by atoms with Crippen LogP contribution in [-0.2, 0) is 18.4 Å². The van der Waals surface area contributed by atoms with E-state index >= 15 is 0 Å². The molecule has 0 aromatic carbocycles. The van der Waals surface area contributed by atoms with E-state index in [-0.39, 0.29) is 6.67 Å². The Kier molecular flexibility index (Phi) is 3.67. The monoisotopic (exact) mass is 315 g/mol. The molecule has 6 nitrogen and oxygen atoms in total. The summed E-state index contributed by atoms with van der Waals surface area (Å²) in [4.78, 5) is 4.27. The molecule has 3 rings (SSSR count). The highest BCUT2D eigenvalue weighted by Gasteiger charge is 2.40. The van der Waals surface area contributed by atoms with Gasteiger partial charge in [-0.15, -0.1) is 0 Å². The quantitative estimate of drug-likeness (QED) is 0.939. The van der Waals surface area contributed by atoms with Crippen molar-refractivity contribution in [3.63, 3.8) is 0 Å². The van der Waals surface area contributed by atoms with Crippen molar-refractivity contribution < 1.29 is 17.7 Å². The Hall–Kier alpha value is -1.90. The van der Waals surface area contributed by atoms with Gasteiger partial charge in [-0.05, 0) is 18.9 Å². The SMILES string of the molecule is Cc1nc(C2(NCn3ccc(C(F)(F)F)n3)CCCC2)no1. The summed E-state index contributed by atoms with van der Waals surface area (Å²) in [6.45, 7) is 1.87. The topological polar surface area (TPSA) is 68.8 Å². The van der Waals surface area contributed by atoms with Crippen LogP contribution in [0.25, 0.3) is 0 Å². The zero-order valence-electron chi connectivity index (χ0n) is 12.0. The molecule has 2 aromatic heterocycles. The second-order valence-corrected chi connectivity index (χ2v) is 5.50. The Balaban J connectivity index is 1.74. The van der Waals surface area contributed by atoms with E-state index in [9.17, 15) is 13.2 Å². The molecule has 2 heterocycles. The largest absolute Gasteiger partial charge is 0.435 e. The van der Waals surface area contributed by atoms with E-state index in [2.05, 4.69) is 20.6 Å². The van der Waals surface area contributed by atoms with E-state index < -0.39 is 17.4 Å². The standard InChI is InChI=1S/C13H16F3N5O/c1-9-18-11(20-22-9)12(5-2-3-6-12)17-8-21-7-4-10(19-21)13(14,15)16/h4,7,17H,2-3,5-6,8H2,1H3. The number of nitrogens with one attached hydrogen (secondary N) is 1. The number of halogens is 3. The lowest BCUT2D eigenvalue weighted by Gasteiger charge is -2.26. The molecule has 120 valence electrons. The summed E-state index contributed by atoms with van der Waals surface area (Å²) in [7, 11) is 0. The van der Waals surface area contributed by atoms with Crippen LogP contribution in [0.4, 0.5) is 13.2 Å². The predicted molar refractivity (Wildman–Crippen MR) is 69.5 cm³/mol. The fraction of sp³-hybridized carbons (Fsp3) is 0.615. The van der Waals surface area contributed by atoms with Crippen LogP contribution in [-0.4, -0.2) is 19.9 Å². The van der Waals surface area contributed by atoms with Gasteiger partial charge in [-0.25, -0.2) is 0 Å². The van der Waals surface area contributed by atoms with Crippen LogP contribution >= 0.6 is 0 Å². The lowest BCUT2D eigenvalue weighted by Crippen LogP contribution is -2.42. The molecular weight excluding hydrogens is 299 g/mol. The summed E-state index contributed by atoms with van der Waals surface area (Å²) in [5.41, 5.74) is -1.35. The number of hydrogen-bond acceptors (Lipinski definition) is 5. The van der Waals surface area contributed by atoms with Crippen molar-refractivity contribution in [2.45, 2.75) is 51.0 Å². The molecule has 0 saturated heterocycles. The number of aromatic nitrogens is 4. The molecule has 0 aliphatic heterocycles. The van der Waals surface area contributed by atoms with Crippen LogP contribution in [0.5, 0.6) is 0 Å². The van der Waals surface area contributed by atoms with Gasteiger partial charge in [0.1, 0.15) is 0 Å². The van der Waals surface area contributed by atoms with E-state index in [1.54, 1.807) is 6.92 Å². The lowest BCUT2D eigenvalue weighted by molar-refractivity contribution is -0.141. The van der Waals surface area contributed by atoms with Crippen LogP contribution in [0, 0.1) is 6.92 Å². The van der Waals surface area contributed by atoms with Gasteiger partial charge in [-0.2, -0.15) is 23.3 Å². The van der Waals surface area contributed by atoms with Gasteiger partial charge < -0.3 is 4.52 Å². The first-order valence-electron chi connectivity index (χ1n) is 7.06. The fourth-order valence-corrected chi connectivity index (χ4v) is 2.78. The van der Waals surface area contributed by atoms with E-state index in [1.165, 1.54) is 10.9 Å². The summed E-state index contributed by atoms with van der Waals surface area (Å²) >= 11 is 0. The molecule has 2 aromatic rings. The summed E-state index contributed by atoms with van der Waals surface area (Å²) in [5, 5.41) is 10.8. The van der Waals surface area contributed by atoms with Crippen LogP contribution in [0.15, 0.2) is 16.8 Å². The van der Waals surface area contributed by atoms with Gasteiger partial charge in [-0.1, -0.05) is 18.0 Å². The average Bonchev–Trinajstić information content (AvgIpc) is 3.16. The Morgan fingerprint density at radius 3 is 2.64 bits per heavy atom. The minimum atomic E-state index is -4.43. The van der Waals surface area contributed by atoms with Gasteiger partial charge >= 0.3 is 6.18 Å². The van der Waals surface area contributed by atoms with Crippen molar-refractivity contribution in [3.8, 4) is 0 Å². The molecule has 0 bridgehead atoms. The number of aryl methyl sites for hydroxylation is 1. The molecule has 9 heteroatoms. The molecular formula is C13H16F3N5O. The Morgan fingerprint density at radius 1 is 1.36 bits per heavy atom. The van der Waals surface area contributed by atoms with Crippen molar-refractivity contribution in [1.29, 1.82) is 0 Å². The third-order valence-corrected chi connectivity index (χ3v) is 3.92. The summed E-state index contributed by atoms with van der Waals surface area (Å²) in [6, 6.07) is 0.960. The third-order valence-electron chi connectivity index (χ3n) is 3.92. The van der Waals surface area contributed by atoms with Gasteiger partial charge in [0.2, 0.25) is 5.89 Å². The highest BCUT2D eigenvalue weighted by molar-refractivity contribution is 5.08. The van der Waals surface area contributed by atoms with Gasteiger partial charge in [0, 0.05) is 13.1 Å². The smallest absolute Gasteiger partial charge is 0.340 e. The first kappa shape index (κ1) is 15.0. The molecule has 0 unspecified atom stereocenters. The first-order chi connectivity index (χ1) is 10.4. The van der Waals surface area contributed by atoms with E-state index in [1.807, 2.05) is 0 Å². The number of rotatable bonds is 4. The minimum Gasteiger partial charge on any atom is -0.340 e. The molecule has 0 atom stereocenters. The van der Waals surface area contributed by atoms with Crippen LogP contribution in [0.3, 0.4) is 0 Å². The van der Waals surface area contributed by atoms with Gasteiger partial charge in [-0.3, -0.25) is 10.00 Å². The average molecular weight is 315 g/mol. The predicted octanol–water partition coefficient (Wildman–Crippen LogP) is 2.61. The molecule has 1 aliphatic rings. The number of hydrogen-bond donors (Lipinski definition) is 1. The normalized spacial score (nSPS) is 18.0. The molecule has 1 saturated carbocycles. The minimum absolute atomic E-state index is 0.156.